The Balaban J connectivity index is 1.29. The average Bonchev–Trinajstić information content (AvgIpc) is 3.26. The van der Waals surface area contributed by atoms with E-state index in [9.17, 15) is 14.8 Å². The predicted molar refractivity (Wildman–Crippen MR) is 122 cm³/mol. The van der Waals surface area contributed by atoms with Crippen LogP contribution in [0, 0.1) is 17.8 Å². The Bertz CT molecular complexity index is 1120. The fraction of sp³-hybridized carbons (Fsp3) is 0.762. The van der Waals surface area contributed by atoms with Crippen LogP contribution in [0.1, 0.15) is 51.2 Å². The topological polar surface area (TPSA) is 163 Å². The van der Waals surface area contributed by atoms with Gasteiger partial charge in [-0.3, -0.25) is 9.13 Å². The fourth-order valence-electron chi connectivity index (χ4n) is 7.17. The van der Waals surface area contributed by atoms with Crippen LogP contribution in [-0.2, 0) is 9.30 Å². The van der Waals surface area contributed by atoms with Crippen molar-refractivity contribution in [3.8, 4) is 0 Å². The van der Waals surface area contributed by atoms with Crippen LogP contribution in [0.5, 0.6) is 0 Å². The summed E-state index contributed by atoms with van der Waals surface area (Å²) in [6.45, 7) is 0. The van der Waals surface area contributed by atoms with Gasteiger partial charge in [-0.1, -0.05) is 0 Å². The Labute approximate surface area is 201 Å². The maximum atomic E-state index is 11.2. The number of rotatable bonds is 6. The fourth-order valence-corrected chi connectivity index (χ4v) is 7.93. The van der Waals surface area contributed by atoms with Crippen molar-refractivity contribution in [2.75, 3.05) is 11.5 Å². The number of halogens is 1. The summed E-state index contributed by atoms with van der Waals surface area (Å²) in [7, 11) is -4.26. The number of hydrogen-bond donors (Lipinski definition) is 5. The summed E-state index contributed by atoms with van der Waals surface area (Å²) < 4.78 is 18.5. The van der Waals surface area contributed by atoms with E-state index < -0.39 is 38.3 Å². The third kappa shape index (κ3) is 4.05. The van der Waals surface area contributed by atoms with Crippen molar-refractivity contribution in [1.82, 2.24) is 19.5 Å². The third-order valence-electron chi connectivity index (χ3n) is 8.13. The quantitative estimate of drug-likeness (QED) is 0.285. The predicted octanol–water partition coefficient (Wildman–Crippen LogP) is 2.05. The van der Waals surface area contributed by atoms with Gasteiger partial charge in [-0.05, 0) is 74.3 Å². The first-order chi connectivity index (χ1) is 16.1. The molecule has 1 unspecified atom stereocenters. The Morgan fingerprint density at radius 1 is 1.12 bits per heavy atom. The van der Waals surface area contributed by atoms with Crippen molar-refractivity contribution in [3.63, 3.8) is 0 Å². The number of nitrogens with zero attached hydrogens (tertiary/aromatic N) is 4. The molecular weight excluding hydrogens is 485 g/mol. The summed E-state index contributed by atoms with van der Waals surface area (Å²) in [6.07, 6.45) is 3.60. The van der Waals surface area contributed by atoms with E-state index in [0.717, 1.165) is 37.0 Å². The van der Waals surface area contributed by atoms with Gasteiger partial charge < -0.3 is 30.1 Å². The SMILES string of the molecule is O=P(O)(O)CC[C@H]1O[C@@H](n2cnc3c(NC45CC6CC(CC(C6)C4)C5)nc(Cl)nc32)[C@@H](O)C1O. The Morgan fingerprint density at radius 3 is 2.38 bits per heavy atom. The lowest BCUT2D eigenvalue weighted by molar-refractivity contribution is -0.0355. The van der Waals surface area contributed by atoms with Gasteiger partial charge in [0.05, 0.1) is 18.6 Å². The second-order valence-corrected chi connectivity index (χ2v) is 12.8. The molecule has 0 aromatic carbocycles. The summed E-state index contributed by atoms with van der Waals surface area (Å²) >= 11 is 6.30. The second-order valence-electron chi connectivity index (χ2n) is 10.7. The summed E-state index contributed by atoms with van der Waals surface area (Å²) in [5, 5.41) is 24.8. The highest BCUT2D eigenvalue weighted by Crippen LogP contribution is 2.56. The molecule has 5 N–H and O–H groups in total. The van der Waals surface area contributed by atoms with Crippen molar-refractivity contribution >= 4 is 36.2 Å². The number of aliphatic hydroxyl groups is 2. The van der Waals surface area contributed by atoms with Gasteiger partial charge in [-0.15, -0.1) is 0 Å². The van der Waals surface area contributed by atoms with Crippen molar-refractivity contribution < 1.29 is 29.3 Å². The summed E-state index contributed by atoms with van der Waals surface area (Å²) in [4.78, 5) is 31.6. The zero-order valence-corrected chi connectivity index (χ0v) is 20.1. The molecule has 4 atom stereocenters. The standard InChI is InChI=1S/C21H29ClN5O6P/c22-20-24-17(26-21-6-10-3-11(7-21)5-12(4-10)8-21)14-18(25-20)27(9-23-14)19-16(29)15(28)13(33-19)1-2-34(30,31)32/h9-13,15-16,19,28-29H,1-8H2,(H,24,25,26)(H2,30,31,32)/t10?,11?,12?,13-,15?,16+,19-,21?/m1/s1. The van der Waals surface area contributed by atoms with Gasteiger partial charge in [0.1, 0.15) is 12.2 Å². The van der Waals surface area contributed by atoms with Crippen molar-refractivity contribution in [3.05, 3.63) is 11.6 Å². The van der Waals surface area contributed by atoms with Crippen LogP contribution < -0.4 is 5.32 Å². The van der Waals surface area contributed by atoms with Crippen LogP contribution in [0.4, 0.5) is 5.82 Å². The summed E-state index contributed by atoms with van der Waals surface area (Å²) in [5.41, 5.74) is 0.847. The van der Waals surface area contributed by atoms with Crippen LogP contribution in [0.15, 0.2) is 6.33 Å². The first-order valence-corrected chi connectivity index (χ1v) is 14.0. The van der Waals surface area contributed by atoms with Crippen LogP contribution >= 0.6 is 19.2 Å². The molecule has 1 saturated heterocycles. The van der Waals surface area contributed by atoms with Crippen molar-refractivity contribution in [1.29, 1.82) is 0 Å². The van der Waals surface area contributed by atoms with Crippen molar-refractivity contribution in [2.45, 2.75) is 75.0 Å². The van der Waals surface area contributed by atoms with Gasteiger partial charge in [0.15, 0.2) is 23.2 Å². The van der Waals surface area contributed by atoms with E-state index in [1.807, 2.05) is 0 Å². The molecular formula is C21H29ClN5O6P. The highest BCUT2D eigenvalue weighted by atomic mass is 35.5. The van der Waals surface area contributed by atoms with E-state index in [0.29, 0.717) is 17.0 Å². The Hall–Kier alpha value is -1.33. The molecule has 3 heterocycles. The van der Waals surface area contributed by atoms with Crippen LogP contribution in [0.2, 0.25) is 5.28 Å². The van der Waals surface area contributed by atoms with Gasteiger partial charge >= 0.3 is 7.60 Å². The Kier molecular flexibility index (Phi) is 5.50. The van der Waals surface area contributed by atoms with Crippen molar-refractivity contribution in [2.24, 2.45) is 17.8 Å². The van der Waals surface area contributed by atoms with Gasteiger partial charge in [0.25, 0.3) is 0 Å². The molecule has 2 aromatic rings. The van der Waals surface area contributed by atoms with Crippen LogP contribution in [-0.4, -0.2) is 69.5 Å². The number of aromatic nitrogens is 4. The van der Waals surface area contributed by atoms with E-state index in [2.05, 4.69) is 20.3 Å². The van der Waals surface area contributed by atoms with E-state index in [4.69, 9.17) is 26.1 Å². The second kappa shape index (κ2) is 8.09. The van der Waals surface area contributed by atoms with E-state index in [1.54, 1.807) is 0 Å². The molecule has 0 spiro atoms. The van der Waals surface area contributed by atoms with Crippen LogP contribution in [0.25, 0.3) is 11.2 Å². The number of fused-ring (bicyclic) bond motifs is 1. The molecule has 0 amide bonds. The summed E-state index contributed by atoms with van der Waals surface area (Å²) in [5.74, 6) is 2.80. The molecule has 4 bridgehead atoms. The third-order valence-corrected chi connectivity index (χ3v) is 9.14. The van der Waals surface area contributed by atoms with E-state index >= 15 is 0 Å². The minimum atomic E-state index is -4.26. The number of hydrogen-bond acceptors (Lipinski definition) is 8. The number of ether oxygens (including phenoxy) is 1. The van der Waals surface area contributed by atoms with Gasteiger partial charge in [-0.2, -0.15) is 9.97 Å². The lowest BCUT2D eigenvalue weighted by Crippen LogP contribution is -2.54. The van der Waals surface area contributed by atoms with E-state index in [1.165, 1.54) is 30.2 Å². The maximum absolute atomic E-state index is 11.2. The number of imidazole rings is 1. The minimum absolute atomic E-state index is 0.0175. The highest BCUT2D eigenvalue weighted by Gasteiger charge is 2.51. The minimum Gasteiger partial charge on any atom is -0.388 e. The monoisotopic (exact) mass is 513 g/mol. The number of nitrogens with one attached hydrogen (secondary N) is 1. The lowest BCUT2D eigenvalue weighted by atomic mass is 9.53. The average molecular weight is 514 g/mol. The molecule has 34 heavy (non-hydrogen) atoms. The van der Waals surface area contributed by atoms with Crippen LogP contribution in [0.3, 0.4) is 0 Å². The molecule has 186 valence electrons. The molecule has 7 rings (SSSR count). The lowest BCUT2D eigenvalue weighted by Gasteiger charge is -2.57. The smallest absolute Gasteiger partial charge is 0.325 e. The number of anilines is 1. The molecule has 0 radical (unpaired) electrons. The molecule has 11 nitrogen and oxygen atoms in total. The number of aliphatic hydroxyl groups excluding tert-OH is 2. The summed E-state index contributed by atoms with van der Waals surface area (Å²) in [6, 6.07) is 0. The highest BCUT2D eigenvalue weighted by molar-refractivity contribution is 7.51. The first-order valence-electron chi connectivity index (χ1n) is 11.8. The first kappa shape index (κ1) is 23.1. The van der Waals surface area contributed by atoms with E-state index in [-0.39, 0.29) is 17.2 Å². The van der Waals surface area contributed by atoms with Gasteiger partial charge in [0, 0.05) is 5.54 Å². The normalized spacial score (nSPS) is 39.3. The zero-order chi connectivity index (χ0) is 23.8. The molecule has 4 aliphatic carbocycles. The molecule has 1 aliphatic heterocycles. The zero-order valence-electron chi connectivity index (χ0n) is 18.5. The van der Waals surface area contributed by atoms with Gasteiger partial charge in [0.2, 0.25) is 5.28 Å². The van der Waals surface area contributed by atoms with Gasteiger partial charge in [-0.25, -0.2) is 4.98 Å². The molecule has 5 aliphatic rings. The largest absolute Gasteiger partial charge is 0.388 e. The Morgan fingerprint density at radius 2 is 1.76 bits per heavy atom. The molecule has 13 heteroatoms. The molecule has 4 saturated carbocycles. The maximum Gasteiger partial charge on any atom is 0.325 e. The molecule has 2 aromatic heterocycles. The molecule has 5 fully saturated rings.